The van der Waals surface area contributed by atoms with Gasteiger partial charge in [0.2, 0.25) is 5.91 Å². The third-order valence-corrected chi connectivity index (χ3v) is 7.81. The van der Waals surface area contributed by atoms with Crippen molar-refractivity contribution in [3.05, 3.63) is 59.7 Å². The summed E-state index contributed by atoms with van der Waals surface area (Å²) in [7, 11) is -0.0447. The van der Waals surface area contributed by atoms with Gasteiger partial charge in [0.25, 0.3) is 0 Å². The van der Waals surface area contributed by atoms with Crippen LogP contribution < -0.4 is 9.47 Å². The Bertz CT molecular complexity index is 951. The maximum Gasteiger partial charge on any atom is 0.222 e. The summed E-state index contributed by atoms with van der Waals surface area (Å²) in [6.07, 6.45) is 1.98. The Morgan fingerprint density at radius 2 is 1.63 bits per heavy atom. The van der Waals surface area contributed by atoms with E-state index in [2.05, 4.69) is 0 Å². The summed E-state index contributed by atoms with van der Waals surface area (Å²) in [4.78, 5) is 14.4. The number of carbonyl (C=O) groups is 1. The number of hydrogen-bond donors (Lipinski definition) is 0. The fourth-order valence-corrected chi connectivity index (χ4v) is 5.66. The lowest BCUT2D eigenvalue weighted by Gasteiger charge is -2.32. The summed E-state index contributed by atoms with van der Waals surface area (Å²) in [5.41, 5.74) is 1.81. The third-order valence-electron chi connectivity index (χ3n) is 5.59. The van der Waals surface area contributed by atoms with E-state index in [0.717, 1.165) is 11.1 Å². The van der Waals surface area contributed by atoms with E-state index >= 15 is 0 Å². The molecule has 1 aliphatic rings. The minimum Gasteiger partial charge on any atom is -0.493 e. The number of piperidine rings is 1. The van der Waals surface area contributed by atoms with Crippen LogP contribution >= 0.6 is 0 Å². The van der Waals surface area contributed by atoms with Crippen molar-refractivity contribution in [2.24, 2.45) is 0 Å². The van der Waals surface area contributed by atoms with Gasteiger partial charge in [-0.2, -0.15) is 0 Å². The van der Waals surface area contributed by atoms with Crippen LogP contribution in [0.3, 0.4) is 0 Å². The fourth-order valence-electron chi connectivity index (χ4n) is 3.83. The molecule has 1 saturated heterocycles. The second-order valence-electron chi connectivity index (χ2n) is 7.56. The van der Waals surface area contributed by atoms with Crippen molar-refractivity contribution in [2.45, 2.75) is 36.7 Å². The molecule has 2 aromatic carbocycles. The van der Waals surface area contributed by atoms with Crippen molar-refractivity contribution in [2.75, 3.05) is 27.3 Å². The van der Waals surface area contributed by atoms with Gasteiger partial charge >= 0.3 is 0 Å². The van der Waals surface area contributed by atoms with Crippen LogP contribution in [-0.2, 0) is 26.8 Å². The molecule has 0 bridgehead atoms. The van der Waals surface area contributed by atoms with Crippen LogP contribution in [0.25, 0.3) is 0 Å². The SMILES string of the molecule is COc1ccc(CCC(=O)N2CCC(S(=O)(=O)Cc3ccccc3)CC2)cc1OC. The van der Waals surface area contributed by atoms with Crippen LogP contribution in [0.2, 0.25) is 0 Å². The molecule has 0 N–H and O–H groups in total. The monoisotopic (exact) mass is 431 g/mol. The highest BCUT2D eigenvalue weighted by molar-refractivity contribution is 7.91. The molecule has 0 spiro atoms. The lowest BCUT2D eigenvalue weighted by molar-refractivity contribution is -0.132. The molecule has 3 rings (SSSR count). The van der Waals surface area contributed by atoms with Gasteiger partial charge in [-0.25, -0.2) is 8.42 Å². The third kappa shape index (κ3) is 5.53. The first-order chi connectivity index (χ1) is 14.4. The molecule has 1 heterocycles. The normalized spacial score (nSPS) is 15.1. The summed E-state index contributed by atoms with van der Waals surface area (Å²) >= 11 is 0. The minimum absolute atomic E-state index is 0.0590. The van der Waals surface area contributed by atoms with Gasteiger partial charge in [-0.15, -0.1) is 0 Å². The summed E-state index contributed by atoms with van der Waals surface area (Å²) in [5.74, 6) is 1.42. The fraction of sp³-hybridized carbons (Fsp3) is 0.435. The van der Waals surface area contributed by atoms with Crippen molar-refractivity contribution in [3.63, 3.8) is 0 Å². The Balaban J connectivity index is 1.50. The Morgan fingerprint density at radius 3 is 2.27 bits per heavy atom. The molecule has 7 heteroatoms. The van der Waals surface area contributed by atoms with E-state index in [-0.39, 0.29) is 16.9 Å². The molecule has 1 fully saturated rings. The largest absolute Gasteiger partial charge is 0.493 e. The predicted octanol–water partition coefficient (Wildman–Crippen LogP) is 3.24. The van der Waals surface area contributed by atoms with Gasteiger partial charge in [-0.3, -0.25) is 4.79 Å². The molecule has 2 aromatic rings. The Labute approximate surface area is 178 Å². The van der Waals surface area contributed by atoms with Crippen LogP contribution in [0, 0.1) is 0 Å². The number of rotatable bonds is 8. The maximum absolute atomic E-state index is 12.7. The number of ether oxygens (including phenoxy) is 2. The average Bonchev–Trinajstić information content (AvgIpc) is 2.77. The van der Waals surface area contributed by atoms with Crippen molar-refractivity contribution in [3.8, 4) is 11.5 Å². The van der Waals surface area contributed by atoms with Crippen LogP contribution in [0.5, 0.6) is 11.5 Å². The number of nitrogens with zero attached hydrogens (tertiary/aromatic N) is 1. The second kappa shape index (κ2) is 9.98. The Kier molecular flexibility index (Phi) is 7.37. The number of carbonyl (C=O) groups excluding carboxylic acids is 1. The molecule has 0 atom stereocenters. The molecule has 1 amide bonds. The molecule has 0 unspecified atom stereocenters. The number of benzene rings is 2. The van der Waals surface area contributed by atoms with E-state index in [1.807, 2.05) is 48.5 Å². The zero-order chi connectivity index (χ0) is 21.6. The summed E-state index contributed by atoms with van der Waals surface area (Å²) in [5, 5.41) is -0.382. The number of aryl methyl sites for hydroxylation is 1. The number of hydrogen-bond acceptors (Lipinski definition) is 5. The predicted molar refractivity (Wildman–Crippen MR) is 117 cm³/mol. The van der Waals surface area contributed by atoms with E-state index in [1.165, 1.54) is 0 Å². The van der Waals surface area contributed by atoms with Crippen molar-refractivity contribution < 1.29 is 22.7 Å². The molecule has 1 aliphatic heterocycles. The molecule has 6 nitrogen and oxygen atoms in total. The van der Waals surface area contributed by atoms with Crippen molar-refractivity contribution >= 4 is 15.7 Å². The van der Waals surface area contributed by atoms with E-state index in [9.17, 15) is 13.2 Å². The van der Waals surface area contributed by atoms with Gasteiger partial charge in [0.15, 0.2) is 21.3 Å². The van der Waals surface area contributed by atoms with Gasteiger partial charge in [-0.05, 0) is 42.5 Å². The summed E-state index contributed by atoms with van der Waals surface area (Å²) in [6, 6.07) is 14.9. The Morgan fingerprint density at radius 1 is 0.967 bits per heavy atom. The molecule has 0 aliphatic carbocycles. The highest BCUT2D eigenvalue weighted by Crippen LogP contribution is 2.28. The molecule has 30 heavy (non-hydrogen) atoms. The molecule has 0 radical (unpaired) electrons. The van der Waals surface area contributed by atoms with Gasteiger partial charge in [-0.1, -0.05) is 36.4 Å². The van der Waals surface area contributed by atoms with Gasteiger partial charge < -0.3 is 14.4 Å². The van der Waals surface area contributed by atoms with E-state index in [4.69, 9.17) is 9.47 Å². The van der Waals surface area contributed by atoms with Crippen molar-refractivity contribution in [1.29, 1.82) is 0 Å². The lowest BCUT2D eigenvalue weighted by Crippen LogP contribution is -2.42. The number of methoxy groups -OCH3 is 2. The van der Waals surface area contributed by atoms with Crippen LogP contribution in [0.1, 0.15) is 30.4 Å². The van der Waals surface area contributed by atoms with Crippen LogP contribution in [0.4, 0.5) is 0 Å². The number of amides is 1. The number of sulfone groups is 1. The number of likely N-dealkylation sites (tertiary alicyclic amines) is 1. The van der Waals surface area contributed by atoms with Gasteiger partial charge in [0, 0.05) is 19.5 Å². The second-order valence-corrected chi connectivity index (χ2v) is 9.84. The van der Waals surface area contributed by atoms with E-state index in [0.29, 0.717) is 50.3 Å². The summed E-state index contributed by atoms with van der Waals surface area (Å²) < 4.78 is 36.0. The van der Waals surface area contributed by atoms with E-state index in [1.54, 1.807) is 19.1 Å². The van der Waals surface area contributed by atoms with Gasteiger partial charge in [0.1, 0.15) is 0 Å². The van der Waals surface area contributed by atoms with Crippen LogP contribution in [0.15, 0.2) is 48.5 Å². The first-order valence-corrected chi connectivity index (χ1v) is 11.9. The first kappa shape index (κ1) is 22.2. The highest BCUT2D eigenvalue weighted by atomic mass is 32.2. The van der Waals surface area contributed by atoms with Crippen molar-refractivity contribution in [1.82, 2.24) is 4.90 Å². The average molecular weight is 432 g/mol. The molecule has 0 aromatic heterocycles. The minimum atomic E-state index is -3.22. The smallest absolute Gasteiger partial charge is 0.222 e. The molecule has 0 saturated carbocycles. The maximum atomic E-state index is 12.7. The Hall–Kier alpha value is -2.54. The quantitative estimate of drug-likeness (QED) is 0.642. The standard InChI is InChI=1S/C23H29NO5S/c1-28-21-10-8-18(16-22(21)29-2)9-11-23(25)24-14-12-20(13-15-24)30(26,27)17-19-6-4-3-5-7-19/h3-8,10,16,20H,9,11-15,17H2,1-2H3. The lowest BCUT2D eigenvalue weighted by atomic mass is 10.1. The zero-order valence-electron chi connectivity index (χ0n) is 17.5. The molecule has 162 valence electrons. The summed E-state index contributed by atoms with van der Waals surface area (Å²) in [6.45, 7) is 0.979. The molecular formula is C23H29NO5S. The topological polar surface area (TPSA) is 72.9 Å². The molecular weight excluding hydrogens is 402 g/mol. The van der Waals surface area contributed by atoms with Crippen LogP contribution in [-0.4, -0.2) is 51.8 Å². The van der Waals surface area contributed by atoms with Gasteiger partial charge in [0.05, 0.1) is 25.2 Å². The first-order valence-electron chi connectivity index (χ1n) is 10.2. The highest BCUT2D eigenvalue weighted by Gasteiger charge is 2.31. The zero-order valence-corrected chi connectivity index (χ0v) is 18.4. The van der Waals surface area contributed by atoms with E-state index < -0.39 is 9.84 Å².